The molecule has 0 bridgehead atoms. The zero-order chi connectivity index (χ0) is 18.1. The van der Waals surface area contributed by atoms with Crippen LogP contribution >= 0.6 is 0 Å². The maximum atomic E-state index is 13.3. The molecule has 0 amide bonds. The molecule has 2 aromatic carbocycles. The van der Waals surface area contributed by atoms with Gasteiger partial charge < -0.3 is 0 Å². The fraction of sp³-hybridized carbons (Fsp3) is 0.0526. The van der Waals surface area contributed by atoms with Gasteiger partial charge in [-0.25, -0.2) is 18.2 Å². The van der Waals surface area contributed by atoms with Crippen molar-refractivity contribution in [1.29, 1.82) is 0 Å². The van der Waals surface area contributed by atoms with Crippen LogP contribution in [-0.2, 0) is 0 Å². The van der Waals surface area contributed by atoms with Crippen LogP contribution in [-0.4, -0.2) is 20.2 Å². The Bertz CT molecular complexity index is 1080. The van der Waals surface area contributed by atoms with Gasteiger partial charge in [-0.05, 0) is 42.5 Å². The molecule has 2 heterocycles. The Morgan fingerprint density at radius 3 is 2.35 bits per heavy atom. The minimum Gasteiger partial charge on any atom is -0.256 e. The van der Waals surface area contributed by atoms with Crippen LogP contribution in [0.15, 0.2) is 61.1 Å². The van der Waals surface area contributed by atoms with Crippen molar-refractivity contribution < 1.29 is 13.2 Å². The van der Waals surface area contributed by atoms with Crippen molar-refractivity contribution in [3.8, 4) is 22.5 Å². The number of halogens is 3. The molecule has 0 radical (unpaired) electrons. The molecule has 4 aromatic rings. The first kappa shape index (κ1) is 16.1. The fourth-order valence-electron chi connectivity index (χ4n) is 2.79. The molecule has 0 atom stereocenters. The highest BCUT2D eigenvalue weighted by atomic mass is 19.3. The molecule has 0 saturated heterocycles. The van der Waals surface area contributed by atoms with Crippen molar-refractivity contribution in [1.82, 2.24) is 20.2 Å². The molecule has 0 saturated carbocycles. The van der Waals surface area contributed by atoms with Crippen LogP contribution in [0.5, 0.6) is 0 Å². The fourth-order valence-corrected chi connectivity index (χ4v) is 2.79. The molecule has 4 rings (SSSR count). The van der Waals surface area contributed by atoms with E-state index in [0.717, 1.165) is 0 Å². The SMILES string of the molecule is Fc1ccc(-c2ncnnc2-c2ccc3nccc(C(F)F)c3c2)cc1. The van der Waals surface area contributed by atoms with Crippen molar-refractivity contribution in [2.45, 2.75) is 6.43 Å². The summed E-state index contributed by atoms with van der Waals surface area (Å²) in [7, 11) is 0. The number of pyridine rings is 1. The summed E-state index contributed by atoms with van der Waals surface area (Å²) >= 11 is 0. The van der Waals surface area contributed by atoms with Crippen molar-refractivity contribution >= 4 is 10.9 Å². The molecule has 0 fully saturated rings. The molecule has 0 aliphatic carbocycles. The van der Waals surface area contributed by atoms with E-state index in [4.69, 9.17) is 0 Å². The Kier molecular flexibility index (Phi) is 4.04. The molecule has 0 aliphatic rings. The van der Waals surface area contributed by atoms with Crippen LogP contribution in [0.2, 0.25) is 0 Å². The zero-order valence-electron chi connectivity index (χ0n) is 13.3. The molecule has 128 valence electrons. The third-order valence-corrected chi connectivity index (χ3v) is 4.02. The highest BCUT2D eigenvalue weighted by molar-refractivity contribution is 5.89. The van der Waals surface area contributed by atoms with Crippen molar-refractivity contribution in [2.75, 3.05) is 0 Å². The summed E-state index contributed by atoms with van der Waals surface area (Å²) < 4.78 is 39.8. The molecule has 0 aliphatic heterocycles. The lowest BCUT2D eigenvalue weighted by Gasteiger charge is -2.10. The van der Waals surface area contributed by atoms with E-state index >= 15 is 0 Å². The van der Waals surface area contributed by atoms with Gasteiger partial charge in [0.2, 0.25) is 0 Å². The number of hydrogen-bond donors (Lipinski definition) is 0. The van der Waals surface area contributed by atoms with Crippen molar-refractivity contribution in [3.05, 3.63) is 72.4 Å². The van der Waals surface area contributed by atoms with Gasteiger partial charge in [-0.1, -0.05) is 6.07 Å². The maximum Gasteiger partial charge on any atom is 0.264 e. The van der Waals surface area contributed by atoms with E-state index in [-0.39, 0.29) is 11.4 Å². The average molecular weight is 352 g/mol. The predicted molar refractivity (Wildman–Crippen MR) is 90.9 cm³/mol. The number of fused-ring (bicyclic) bond motifs is 1. The van der Waals surface area contributed by atoms with Crippen LogP contribution in [0.4, 0.5) is 13.2 Å². The second-order valence-electron chi connectivity index (χ2n) is 5.60. The molecule has 2 aromatic heterocycles. The van der Waals surface area contributed by atoms with Gasteiger partial charge >= 0.3 is 0 Å². The summed E-state index contributed by atoms with van der Waals surface area (Å²) in [6.45, 7) is 0. The Labute approximate surface area is 146 Å². The van der Waals surface area contributed by atoms with E-state index in [0.29, 0.717) is 33.4 Å². The zero-order valence-corrected chi connectivity index (χ0v) is 13.3. The minimum atomic E-state index is -2.62. The maximum absolute atomic E-state index is 13.3. The summed E-state index contributed by atoms with van der Waals surface area (Å²) in [5.41, 5.74) is 2.50. The Balaban J connectivity index is 1.91. The number of aromatic nitrogens is 4. The predicted octanol–water partition coefficient (Wildman–Crippen LogP) is 4.83. The lowest BCUT2D eigenvalue weighted by Crippen LogP contribution is -1.96. The molecule has 0 N–H and O–H groups in total. The van der Waals surface area contributed by atoms with E-state index in [1.807, 2.05) is 0 Å². The first-order valence-electron chi connectivity index (χ1n) is 7.74. The summed E-state index contributed by atoms with van der Waals surface area (Å²) in [5.74, 6) is -0.365. The smallest absolute Gasteiger partial charge is 0.256 e. The van der Waals surface area contributed by atoms with E-state index < -0.39 is 6.43 Å². The van der Waals surface area contributed by atoms with Gasteiger partial charge in [0.25, 0.3) is 6.43 Å². The first-order valence-corrected chi connectivity index (χ1v) is 7.74. The van der Waals surface area contributed by atoms with Crippen LogP contribution in [0.25, 0.3) is 33.4 Å². The molecule has 7 heteroatoms. The Hall–Kier alpha value is -3.35. The van der Waals surface area contributed by atoms with Crippen molar-refractivity contribution in [3.63, 3.8) is 0 Å². The monoisotopic (exact) mass is 352 g/mol. The lowest BCUT2D eigenvalue weighted by atomic mass is 10.0. The summed E-state index contributed by atoms with van der Waals surface area (Å²) in [4.78, 5) is 8.36. The van der Waals surface area contributed by atoms with Crippen molar-refractivity contribution in [2.24, 2.45) is 0 Å². The number of rotatable bonds is 3. The second-order valence-corrected chi connectivity index (χ2v) is 5.60. The number of benzene rings is 2. The topological polar surface area (TPSA) is 51.6 Å². The minimum absolute atomic E-state index is 0.1000. The molecule has 0 spiro atoms. The summed E-state index contributed by atoms with van der Waals surface area (Å²) in [6.07, 6.45) is 0.0273. The second kappa shape index (κ2) is 6.51. The van der Waals surface area contributed by atoms with E-state index in [1.165, 1.54) is 30.7 Å². The van der Waals surface area contributed by atoms with Gasteiger partial charge in [-0.2, -0.15) is 0 Å². The van der Waals surface area contributed by atoms with Gasteiger partial charge in [0.15, 0.2) is 0 Å². The normalized spacial score (nSPS) is 11.2. The molecular weight excluding hydrogens is 341 g/mol. The van der Waals surface area contributed by atoms with E-state index in [2.05, 4.69) is 20.2 Å². The largest absolute Gasteiger partial charge is 0.264 e. The van der Waals surface area contributed by atoms with Crippen LogP contribution < -0.4 is 0 Å². The first-order chi connectivity index (χ1) is 12.6. The number of nitrogens with zero attached hydrogens (tertiary/aromatic N) is 4. The van der Waals surface area contributed by atoms with Crippen LogP contribution in [0, 0.1) is 5.82 Å². The number of alkyl halides is 2. The van der Waals surface area contributed by atoms with Gasteiger partial charge in [0.05, 0.1) is 5.52 Å². The summed E-state index contributed by atoms with van der Waals surface area (Å²) in [6, 6.07) is 12.1. The van der Waals surface area contributed by atoms with Gasteiger partial charge in [0.1, 0.15) is 23.5 Å². The number of hydrogen-bond acceptors (Lipinski definition) is 4. The van der Waals surface area contributed by atoms with Crippen LogP contribution in [0.1, 0.15) is 12.0 Å². The standard InChI is InChI=1S/C19H11F3N4/c20-13-4-1-11(2-5-13)17-18(26-25-10-24-17)12-3-6-16-15(9-12)14(19(21)22)7-8-23-16/h1-10,19H. The Morgan fingerprint density at radius 1 is 0.808 bits per heavy atom. The van der Waals surface area contributed by atoms with E-state index in [1.54, 1.807) is 30.3 Å². The third kappa shape index (κ3) is 2.88. The lowest BCUT2D eigenvalue weighted by molar-refractivity contribution is 0.153. The summed E-state index contributed by atoms with van der Waals surface area (Å²) in [5, 5.41) is 8.26. The third-order valence-electron chi connectivity index (χ3n) is 4.02. The Morgan fingerprint density at radius 2 is 1.58 bits per heavy atom. The van der Waals surface area contributed by atoms with Crippen LogP contribution in [0.3, 0.4) is 0 Å². The van der Waals surface area contributed by atoms with Gasteiger partial charge in [0, 0.05) is 28.3 Å². The van der Waals surface area contributed by atoms with E-state index in [9.17, 15) is 13.2 Å². The molecule has 0 unspecified atom stereocenters. The highest BCUT2D eigenvalue weighted by Gasteiger charge is 2.16. The average Bonchev–Trinajstić information content (AvgIpc) is 2.67. The van der Waals surface area contributed by atoms with Gasteiger partial charge in [-0.15, -0.1) is 10.2 Å². The van der Waals surface area contributed by atoms with Gasteiger partial charge in [-0.3, -0.25) is 4.98 Å². The quantitative estimate of drug-likeness (QED) is 0.530. The highest BCUT2D eigenvalue weighted by Crippen LogP contribution is 2.32. The molecular formula is C19H11F3N4. The molecule has 4 nitrogen and oxygen atoms in total. The molecule has 26 heavy (non-hydrogen) atoms.